The highest BCUT2D eigenvalue weighted by Crippen LogP contribution is 2.69. The van der Waals surface area contributed by atoms with Gasteiger partial charge in [-0.25, -0.2) is 0 Å². The highest BCUT2D eigenvalue weighted by Gasteiger charge is 2.61. The lowest BCUT2D eigenvalue weighted by atomic mass is 9.43. The van der Waals surface area contributed by atoms with Gasteiger partial charge in [-0.05, 0) is 164 Å². The van der Waals surface area contributed by atoms with Gasteiger partial charge < -0.3 is 4.90 Å². The molecule has 55 heavy (non-hydrogen) atoms. The summed E-state index contributed by atoms with van der Waals surface area (Å²) < 4.78 is 0. The number of rotatable bonds is 5. The first-order chi connectivity index (χ1) is 27.2. The van der Waals surface area contributed by atoms with Crippen LogP contribution in [-0.2, 0) is 5.41 Å². The van der Waals surface area contributed by atoms with Crippen LogP contribution in [-0.4, -0.2) is 0 Å². The van der Waals surface area contributed by atoms with Crippen LogP contribution in [0.4, 0.5) is 17.1 Å². The van der Waals surface area contributed by atoms with Crippen LogP contribution in [0, 0.1) is 23.7 Å². The Morgan fingerprint density at radius 2 is 0.909 bits per heavy atom. The SMILES string of the molecule is c1ccc(-c2ccc(N(c3ccc(-c4ccc5c(c4)-c4ccccc4C54C5CC6CC(C5)CC4C6)cc3)c3ccc4c(ccc5ccccc54)c3)cc2)cc1. The Hall–Kier alpha value is -5.92. The summed E-state index contributed by atoms with van der Waals surface area (Å²) in [6, 6.07) is 66.0. The summed E-state index contributed by atoms with van der Waals surface area (Å²) in [4.78, 5) is 2.41. The lowest BCUT2D eigenvalue weighted by Crippen LogP contribution is -2.55. The first-order valence-corrected chi connectivity index (χ1v) is 20.4. The third kappa shape index (κ3) is 4.72. The molecule has 0 heterocycles. The van der Waals surface area contributed by atoms with E-state index in [0.717, 1.165) is 40.7 Å². The number of anilines is 3. The minimum absolute atomic E-state index is 0.213. The number of hydrogen-bond acceptors (Lipinski definition) is 1. The molecule has 0 radical (unpaired) electrons. The Bertz CT molecular complexity index is 2730. The standard InChI is InChI=1S/C54H43N/c1-2-8-37(9-3-1)38-16-21-45(22-17-38)55(47-25-26-49-42(33-47)15-14-40-10-4-5-11-48(40)49)46-23-18-39(19-24-46)41-20-27-53-51(34-41)50-12-6-7-13-52(50)54(53)43-29-35-28-36(31-43)32-44(54)30-35/h1-27,33-36,43-44H,28-32H2. The Morgan fingerprint density at radius 1 is 0.364 bits per heavy atom. The van der Waals surface area contributed by atoms with Crippen molar-refractivity contribution in [1.29, 1.82) is 0 Å². The second-order valence-electron chi connectivity index (χ2n) is 17.0. The molecule has 1 spiro atoms. The van der Waals surface area contributed by atoms with Gasteiger partial charge in [0.15, 0.2) is 0 Å². The van der Waals surface area contributed by atoms with Crippen LogP contribution in [0.3, 0.4) is 0 Å². The van der Waals surface area contributed by atoms with E-state index in [1.807, 2.05) is 0 Å². The molecular formula is C54H43N. The van der Waals surface area contributed by atoms with E-state index in [1.165, 1.54) is 87.0 Å². The first-order valence-electron chi connectivity index (χ1n) is 20.4. The molecule has 0 aromatic heterocycles. The molecule has 0 saturated heterocycles. The van der Waals surface area contributed by atoms with Gasteiger partial charge in [-0.3, -0.25) is 0 Å². The van der Waals surface area contributed by atoms with Crippen molar-refractivity contribution in [3.63, 3.8) is 0 Å². The van der Waals surface area contributed by atoms with Gasteiger partial charge in [0.2, 0.25) is 0 Å². The van der Waals surface area contributed by atoms with Crippen molar-refractivity contribution in [2.75, 3.05) is 4.90 Å². The number of nitrogens with zero attached hydrogens (tertiary/aromatic N) is 1. The predicted molar refractivity (Wildman–Crippen MR) is 230 cm³/mol. The topological polar surface area (TPSA) is 3.24 Å². The zero-order chi connectivity index (χ0) is 36.1. The summed E-state index contributed by atoms with van der Waals surface area (Å²) >= 11 is 0. The lowest BCUT2D eigenvalue weighted by molar-refractivity contribution is -0.0399. The third-order valence-corrected chi connectivity index (χ3v) is 14.2. The maximum absolute atomic E-state index is 2.54. The van der Waals surface area contributed by atoms with Gasteiger partial charge in [0.05, 0.1) is 0 Å². The minimum atomic E-state index is 0.213. The average Bonchev–Trinajstić information content (AvgIpc) is 3.53. The zero-order valence-electron chi connectivity index (χ0n) is 31.0. The first kappa shape index (κ1) is 31.4. The smallest absolute Gasteiger partial charge is 0.0468 e. The van der Waals surface area contributed by atoms with E-state index in [1.54, 1.807) is 11.1 Å². The van der Waals surface area contributed by atoms with E-state index in [4.69, 9.17) is 0 Å². The second-order valence-corrected chi connectivity index (χ2v) is 17.0. The van der Waals surface area contributed by atoms with E-state index >= 15 is 0 Å². The molecular weight excluding hydrogens is 663 g/mol. The Morgan fingerprint density at radius 3 is 1.65 bits per heavy atom. The van der Waals surface area contributed by atoms with Crippen molar-refractivity contribution in [3.05, 3.63) is 187 Å². The second kappa shape index (κ2) is 12.0. The number of benzene rings is 8. The highest BCUT2D eigenvalue weighted by atomic mass is 15.1. The summed E-state index contributed by atoms with van der Waals surface area (Å²) in [7, 11) is 0. The molecule has 264 valence electrons. The zero-order valence-corrected chi connectivity index (χ0v) is 31.0. The third-order valence-electron chi connectivity index (χ3n) is 14.2. The van der Waals surface area contributed by atoms with Gasteiger partial charge >= 0.3 is 0 Å². The fraction of sp³-hybridized carbons (Fsp3) is 0.185. The molecule has 5 aliphatic carbocycles. The monoisotopic (exact) mass is 705 g/mol. The average molecular weight is 706 g/mol. The molecule has 4 fully saturated rings. The van der Waals surface area contributed by atoms with Crippen LogP contribution in [0.1, 0.15) is 43.2 Å². The van der Waals surface area contributed by atoms with E-state index < -0.39 is 0 Å². The van der Waals surface area contributed by atoms with Crippen LogP contribution in [0.2, 0.25) is 0 Å². The molecule has 4 saturated carbocycles. The summed E-state index contributed by atoms with van der Waals surface area (Å²) in [5, 5.41) is 5.09. The molecule has 0 aliphatic heterocycles. The summed E-state index contributed by atoms with van der Waals surface area (Å²) in [5.41, 5.74) is 14.9. The van der Waals surface area contributed by atoms with Crippen molar-refractivity contribution in [2.24, 2.45) is 23.7 Å². The molecule has 0 atom stereocenters. The molecule has 0 amide bonds. The molecule has 0 N–H and O–H groups in total. The van der Waals surface area contributed by atoms with E-state index in [2.05, 4.69) is 181 Å². The number of fused-ring (bicyclic) bond motifs is 6. The maximum atomic E-state index is 2.54. The van der Waals surface area contributed by atoms with Crippen LogP contribution >= 0.6 is 0 Å². The largest absolute Gasteiger partial charge is 0.310 e. The lowest BCUT2D eigenvalue weighted by Gasteiger charge is -2.61. The van der Waals surface area contributed by atoms with Gasteiger partial charge in [0, 0.05) is 22.5 Å². The van der Waals surface area contributed by atoms with E-state index in [9.17, 15) is 0 Å². The number of hydrogen-bond donors (Lipinski definition) is 0. The Balaban J connectivity index is 0.941. The van der Waals surface area contributed by atoms with Crippen molar-refractivity contribution in [2.45, 2.75) is 37.5 Å². The van der Waals surface area contributed by atoms with Crippen molar-refractivity contribution in [3.8, 4) is 33.4 Å². The normalized spacial score (nSPS) is 23.0. The minimum Gasteiger partial charge on any atom is -0.310 e. The van der Waals surface area contributed by atoms with Crippen LogP contribution < -0.4 is 4.90 Å². The highest BCUT2D eigenvalue weighted by molar-refractivity contribution is 6.08. The van der Waals surface area contributed by atoms with Crippen molar-refractivity contribution in [1.82, 2.24) is 0 Å². The fourth-order valence-electron chi connectivity index (χ4n) is 12.2. The van der Waals surface area contributed by atoms with Crippen molar-refractivity contribution < 1.29 is 0 Å². The summed E-state index contributed by atoms with van der Waals surface area (Å²) in [6.45, 7) is 0. The van der Waals surface area contributed by atoms with Crippen LogP contribution in [0.25, 0.3) is 54.9 Å². The Kier molecular flexibility index (Phi) is 6.88. The van der Waals surface area contributed by atoms with Gasteiger partial charge in [-0.2, -0.15) is 0 Å². The molecule has 8 aromatic rings. The van der Waals surface area contributed by atoms with Gasteiger partial charge in [-0.1, -0.05) is 133 Å². The molecule has 5 aliphatic rings. The molecule has 0 unspecified atom stereocenters. The predicted octanol–water partition coefficient (Wildman–Crippen LogP) is 14.5. The molecule has 1 heteroatoms. The van der Waals surface area contributed by atoms with Crippen LogP contribution in [0.15, 0.2) is 176 Å². The van der Waals surface area contributed by atoms with Gasteiger partial charge in [0.25, 0.3) is 0 Å². The molecule has 8 aromatic carbocycles. The quantitative estimate of drug-likeness (QED) is 0.161. The Labute approximate surface area is 323 Å². The van der Waals surface area contributed by atoms with Gasteiger partial charge in [-0.15, -0.1) is 0 Å². The summed E-state index contributed by atoms with van der Waals surface area (Å²) in [6.07, 6.45) is 7.17. The van der Waals surface area contributed by atoms with E-state index in [0.29, 0.717) is 0 Å². The van der Waals surface area contributed by atoms with E-state index in [-0.39, 0.29) is 5.41 Å². The maximum Gasteiger partial charge on any atom is 0.0468 e. The van der Waals surface area contributed by atoms with Gasteiger partial charge in [0.1, 0.15) is 0 Å². The molecule has 13 rings (SSSR count). The molecule has 1 nitrogen and oxygen atoms in total. The summed E-state index contributed by atoms with van der Waals surface area (Å²) in [5.74, 6) is 3.49. The molecule has 4 bridgehead atoms. The van der Waals surface area contributed by atoms with Crippen molar-refractivity contribution >= 4 is 38.6 Å². The van der Waals surface area contributed by atoms with Crippen LogP contribution in [0.5, 0.6) is 0 Å². The fourth-order valence-corrected chi connectivity index (χ4v) is 12.2.